The van der Waals surface area contributed by atoms with Crippen LogP contribution in [0.4, 0.5) is 0 Å². The van der Waals surface area contributed by atoms with E-state index in [1.165, 1.54) is 23.5 Å². The fourth-order valence-corrected chi connectivity index (χ4v) is 3.27. The average molecular weight is 376 g/mol. The number of carbonyl (C=O) groups is 2. The van der Waals surface area contributed by atoms with Crippen molar-refractivity contribution in [1.82, 2.24) is 0 Å². The van der Waals surface area contributed by atoms with Crippen molar-refractivity contribution in [3.8, 4) is 0 Å². The molecule has 132 valence electrons. The van der Waals surface area contributed by atoms with Crippen LogP contribution in [0.15, 0.2) is 70.5 Å². The molecule has 0 aliphatic carbocycles. The summed E-state index contributed by atoms with van der Waals surface area (Å²) in [5.74, 6) is 0.0225. The Morgan fingerprint density at radius 2 is 1.08 bits per heavy atom. The third-order valence-corrected chi connectivity index (χ3v) is 4.99. The molecule has 0 radical (unpaired) electrons. The molecule has 2 aromatic carbocycles. The van der Waals surface area contributed by atoms with Gasteiger partial charge >= 0.3 is 11.9 Å². The molecular weight excluding hydrogens is 356 g/mol. The number of benzene rings is 2. The van der Waals surface area contributed by atoms with Gasteiger partial charge in [0.15, 0.2) is 0 Å². The third kappa shape index (κ3) is 8.65. The fraction of sp³-hybridized carbons (Fsp3) is 0.263. The highest BCUT2D eigenvalue weighted by molar-refractivity contribution is 8.00. The summed E-state index contributed by atoms with van der Waals surface area (Å²) in [6.07, 6.45) is 0.503. The quantitative estimate of drug-likeness (QED) is 0.354. The molecule has 0 aliphatic rings. The van der Waals surface area contributed by atoms with Crippen molar-refractivity contribution < 1.29 is 19.1 Å². The zero-order valence-corrected chi connectivity index (χ0v) is 15.4. The number of hydrogen-bond acceptors (Lipinski definition) is 6. The first-order valence-corrected chi connectivity index (χ1v) is 9.88. The van der Waals surface area contributed by atoms with Crippen LogP contribution in [0, 0.1) is 0 Å². The minimum absolute atomic E-state index is 0.257. The smallest absolute Gasteiger partial charge is 0.316 e. The Labute approximate surface area is 156 Å². The van der Waals surface area contributed by atoms with E-state index in [0.717, 1.165) is 9.79 Å². The molecule has 25 heavy (non-hydrogen) atoms. The minimum atomic E-state index is -0.264. The van der Waals surface area contributed by atoms with E-state index in [-0.39, 0.29) is 36.7 Å². The lowest BCUT2D eigenvalue weighted by Gasteiger charge is -2.06. The Morgan fingerprint density at radius 1 is 0.680 bits per heavy atom. The topological polar surface area (TPSA) is 52.6 Å². The first-order valence-electron chi connectivity index (χ1n) is 7.91. The molecule has 2 rings (SSSR count). The van der Waals surface area contributed by atoms with Crippen LogP contribution < -0.4 is 0 Å². The highest BCUT2D eigenvalue weighted by atomic mass is 32.2. The van der Waals surface area contributed by atoms with Crippen LogP contribution in [0.2, 0.25) is 0 Å². The third-order valence-electron chi connectivity index (χ3n) is 3.01. The Morgan fingerprint density at radius 3 is 1.48 bits per heavy atom. The largest absolute Gasteiger partial charge is 0.465 e. The number of thioether (sulfide) groups is 2. The lowest BCUT2D eigenvalue weighted by Crippen LogP contribution is -2.13. The molecule has 0 saturated carbocycles. The van der Waals surface area contributed by atoms with E-state index in [9.17, 15) is 9.59 Å². The molecule has 0 spiro atoms. The van der Waals surface area contributed by atoms with Crippen molar-refractivity contribution in [2.24, 2.45) is 0 Å². The number of hydrogen-bond donors (Lipinski definition) is 0. The second kappa shape index (κ2) is 11.6. The van der Waals surface area contributed by atoms with Crippen LogP contribution in [0.5, 0.6) is 0 Å². The Balaban J connectivity index is 1.48. The normalized spacial score (nSPS) is 10.2. The SMILES string of the molecule is O=C(CSc1ccccc1)OCCCOC(=O)CSc1ccccc1. The van der Waals surface area contributed by atoms with E-state index in [2.05, 4.69) is 0 Å². The molecule has 4 nitrogen and oxygen atoms in total. The zero-order valence-electron chi connectivity index (χ0n) is 13.8. The summed E-state index contributed by atoms with van der Waals surface area (Å²) in [7, 11) is 0. The predicted molar refractivity (Wildman–Crippen MR) is 101 cm³/mol. The number of ether oxygens (including phenoxy) is 2. The first-order chi connectivity index (χ1) is 12.2. The van der Waals surface area contributed by atoms with E-state index < -0.39 is 0 Å². The van der Waals surface area contributed by atoms with Gasteiger partial charge in [0.1, 0.15) is 0 Å². The van der Waals surface area contributed by atoms with E-state index in [0.29, 0.717) is 6.42 Å². The first kappa shape index (κ1) is 19.4. The monoisotopic (exact) mass is 376 g/mol. The van der Waals surface area contributed by atoms with E-state index in [4.69, 9.17) is 9.47 Å². The lowest BCUT2D eigenvalue weighted by atomic mass is 10.4. The number of carbonyl (C=O) groups excluding carboxylic acids is 2. The highest BCUT2D eigenvalue weighted by Gasteiger charge is 2.06. The van der Waals surface area contributed by atoms with Crippen molar-refractivity contribution in [3.05, 3.63) is 60.7 Å². The van der Waals surface area contributed by atoms with Crippen LogP contribution in [-0.2, 0) is 19.1 Å². The Bertz CT molecular complexity index is 589. The second-order valence-electron chi connectivity index (χ2n) is 5.00. The Kier molecular flexibility index (Phi) is 9.01. The summed E-state index contributed by atoms with van der Waals surface area (Å²) in [6, 6.07) is 19.4. The van der Waals surface area contributed by atoms with Crippen molar-refractivity contribution in [3.63, 3.8) is 0 Å². The average Bonchev–Trinajstić information content (AvgIpc) is 2.66. The second-order valence-corrected chi connectivity index (χ2v) is 7.10. The van der Waals surface area contributed by atoms with E-state index in [1.54, 1.807) is 0 Å². The summed E-state index contributed by atoms with van der Waals surface area (Å²) in [6.45, 7) is 0.514. The summed E-state index contributed by atoms with van der Waals surface area (Å²) >= 11 is 2.88. The maximum absolute atomic E-state index is 11.6. The van der Waals surface area contributed by atoms with Crippen molar-refractivity contribution in [2.75, 3.05) is 24.7 Å². The van der Waals surface area contributed by atoms with Crippen LogP contribution in [0.25, 0.3) is 0 Å². The molecule has 0 amide bonds. The van der Waals surface area contributed by atoms with Gasteiger partial charge in [0.25, 0.3) is 0 Å². The van der Waals surface area contributed by atoms with Gasteiger partial charge in [-0.25, -0.2) is 0 Å². The molecule has 0 bridgehead atoms. The molecule has 0 saturated heterocycles. The molecule has 0 fully saturated rings. The van der Waals surface area contributed by atoms with Crippen LogP contribution >= 0.6 is 23.5 Å². The zero-order chi connectivity index (χ0) is 17.7. The summed E-state index contributed by atoms with van der Waals surface area (Å²) in [4.78, 5) is 25.3. The van der Waals surface area contributed by atoms with Gasteiger partial charge in [-0.3, -0.25) is 9.59 Å². The maximum atomic E-state index is 11.6. The van der Waals surface area contributed by atoms with E-state index >= 15 is 0 Å². The standard InChI is InChI=1S/C19H20O4S2/c20-18(14-24-16-8-3-1-4-9-16)22-12-7-13-23-19(21)15-25-17-10-5-2-6-11-17/h1-6,8-11H,7,12-15H2. The molecule has 2 aromatic rings. The van der Waals surface area contributed by atoms with Gasteiger partial charge in [0, 0.05) is 16.2 Å². The van der Waals surface area contributed by atoms with Gasteiger partial charge in [-0.2, -0.15) is 0 Å². The van der Waals surface area contributed by atoms with E-state index in [1.807, 2.05) is 60.7 Å². The molecule has 0 N–H and O–H groups in total. The van der Waals surface area contributed by atoms with Crippen molar-refractivity contribution in [2.45, 2.75) is 16.2 Å². The molecule has 0 aliphatic heterocycles. The van der Waals surface area contributed by atoms with Gasteiger partial charge in [-0.05, 0) is 24.3 Å². The van der Waals surface area contributed by atoms with Gasteiger partial charge in [0.05, 0.1) is 24.7 Å². The predicted octanol–water partition coefficient (Wildman–Crippen LogP) is 4.05. The van der Waals surface area contributed by atoms with Crippen LogP contribution in [-0.4, -0.2) is 36.7 Å². The molecule has 6 heteroatoms. The molecule has 0 atom stereocenters. The highest BCUT2D eigenvalue weighted by Crippen LogP contribution is 2.17. The van der Waals surface area contributed by atoms with Gasteiger partial charge in [-0.1, -0.05) is 36.4 Å². The van der Waals surface area contributed by atoms with Crippen LogP contribution in [0.3, 0.4) is 0 Å². The van der Waals surface area contributed by atoms with Gasteiger partial charge < -0.3 is 9.47 Å². The maximum Gasteiger partial charge on any atom is 0.316 e. The molecule has 0 unspecified atom stereocenters. The summed E-state index contributed by atoms with van der Waals surface area (Å²) < 4.78 is 10.2. The molecular formula is C19H20O4S2. The van der Waals surface area contributed by atoms with Crippen molar-refractivity contribution in [1.29, 1.82) is 0 Å². The van der Waals surface area contributed by atoms with Crippen LogP contribution in [0.1, 0.15) is 6.42 Å². The molecule has 0 heterocycles. The fourth-order valence-electron chi connectivity index (χ4n) is 1.83. The number of rotatable bonds is 10. The summed E-state index contributed by atoms with van der Waals surface area (Å²) in [5, 5.41) is 0. The minimum Gasteiger partial charge on any atom is -0.465 e. The van der Waals surface area contributed by atoms with Gasteiger partial charge in [0.2, 0.25) is 0 Å². The summed E-state index contributed by atoms with van der Waals surface area (Å²) in [5.41, 5.74) is 0. The lowest BCUT2D eigenvalue weighted by molar-refractivity contribution is -0.142. The number of esters is 2. The molecule has 0 aromatic heterocycles. The van der Waals surface area contributed by atoms with Gasteiger partial charge in [-0.15, -0.1) is 23.5 Å². The van der Waals surface area contributed by atoms with Crippen molar-refractivity contribution >= 4 is 35.5 Å². The Hall–Kier alpha value is -1.92.